The maximum Gasteiger partial charge on any atom is 0.283 e. The first kappa shape index (κ1) is 17.5. The van der Waals surface area contributed by atoms with Gasteiger partial charge in [0.05, 0.1) is 9.82 Å². The molecular formula is C19H13N3O3S. The van der Waals surface area contributed by atoms with Crippen molar-refractivity contribution in [3.8, 4) is 17.2 Å². The first-order valence-corrected chi connectivity index (χ1v) is 8.47. The third-order valence-electron chi connectivity index (χ3n) is 3.72. The Labute approximate surface area is 153 Å². The van der Waals surface area contributed by atoms with E-state index in [9.17, 15) is 20.2 Å². The van der Waals surface area contributed by atoms with Crippen molar-refractivity contribution < 1.29 is 4.92 Å². The van der Waals surface area contributed by atoms with Crippen LogP contribution in [-0.4, -0.2) is 9.91 Å². The number of H-pyrrole nitrogens is 1. The maximum absolute atomic E-state index is 12.0. The van der Waals surface area contributed by atoms with Crippen molar-refractivity contribution >= 4 is 17.4 Å². The summed E-state index contributed by atoms with van der Waals surface area (Å²) < 4.78 is 0. The number of nitriles is 1. The van der Waals surface area contributed by atoms with Gasteiger partial charge in [-0.1, -0.05) is 36.0 Å². The largest absolute Gasteiger partial charge is 0.325 e. The van der Waals surface area contributed by atoms with Crippen molar-refractivity contribution in [3.63, 3.8) is 0 Å². The highest BCUT2D eigenvalue weighted by molar-refractivity contribution is 7.99. The van der Waals surface area contributed by atoms with Gasteiger partial charge in [0.1, 0.15) is 11.6 Å². The van der Waals surface area contributed by atoms with Crippen molar-refractivity contribution in [1.82, 2.24) is 4.98 Å². The van der Waals surface area contributed by atoms with E-state index in [-0.39, 0.29) is 11.3 Å². The molecule has 1 heterocycles. The van der Waals surface area contributed by atoms with Crippen LogP contribution in [0.1, 0.15) is 11.3 Å². The van der Waals surface area contributed by atoms with Gasteiger partial charge in [-0.3, -0.25) is 14.9 Å². The van der Waals surface area contributed by atoms with Crippen molar-refractivity contribution in [2.75, 3.05) is 0 Å². The highest BCUT2D eigenvalue weighted by Crippen LogP contribution is 2.37. The Morgan fingerprint density at radius 2 is 1.88 bits per heavy atom. The van der Waals surface area contributed by atoms with Gasteiger partial charge in [-0.2, -0.15) is 5.26 Å². The zero-order valence-electron chi connectivity index (χ0n) is 13.7. The van der Waals surface area contributed by atoms with Gasteiger partial charge in [-0.05, 0) is 36.8 Å². The zero-order valence-corrected chi connectivity index (χ0v) is 14.5. The minimum absolute atomic E-state index is 0.0617. The third-order valence-corrected chi connectivity index (χ3v) is 4.79. The van der Waals surface area contributed by atoms with E-state index in [1.165, 1.54) is 17.8 Å². The van der Waals surface area contributed by atoms with Crippen LogP contribution in [0.2, 0.25) is 0 Å². The number of aryl methyl sites for hydroxylation is 1. The molecule has 0 radical (unpaired) electrons. The van der Waals surface area contributed by atoms with Crippen LogP contribution < -0.4 is 5.56 Å². The summed E-state index contributed by atoms with van der Waals surface area (Å²) in [6.07, 6.45) is 0. The van der Waals surface area contributed by atoms with E-state index in [1.807, 2.05) is 36.4 Å². The maximum atomic E-state index is 12.0. The number of hydrogen-bond acceptors (Lipinski definition) is 5. The van der Waals surface area contributed by atoms with Crippen molar-refractivity contribution in [3.05, 3.63) is 86.3 Å². The van der Waals surface area contributed by atoms with Crippen molar-refractivity contribution in [1.29, 1.82) is 5.26 Å². The van der Waals surface area contributed by atoms with Gasteiger partial charge in [0.25, 0.3) is 11.2 Å². The number of hydrogen-bond donors (Lipinski definition) is 1. The van der Waals surface area contributed by atoms with Crippen LogP contribution in [0.15, 0.2) is 69.2 Å². The molecule has 6 nitrogen and oxygen atoms in total. The summed E-state index contributed by atoms with van der Waals surface area (Å²) in [7, 11) is 0. The van der Waals surface area contributed by atoms with E-state index < -0.39 is 10.5 Å². The van der Waals surface area contributed by atoms with E-state index in [2.05, 4.69) is 4.98 Å². The average Bonchev–Trinajstić information content (AvgIpc) is 2.62. The van der Waals surface area contributed by atoms with E-state index in [0.717, 1.165) is 4.90 Å². The summed E-state index contributed by atoms with van der Waals surface area (Å²) >= 11 is 1.29. The number of nitrogens with one attached hydrogen (secondary N) is 1. The number of nitro groups is 1. The van der Waals surface area contributed by atoms with Gasteiger partial charge >= 0.3 is 0 Å². The SMILES string of the molecule is Cc1cc(-c2ccc(Sc3ccccc3)c([N+](=O)[O-])c2)c(C#N)c(=O)[nH]1. The molecule has 0 spiro atoms. The molecule has 1 N–H and O–H groups in total. The molecule has 3 aromatic rings. The lowest BCUT2D eigenvalue weighted by atomic mass is 10.0. The second kappa shape index (κ2) is 7.25. The lowest BCUT2D eigenvalue weighted by Gasteiger charge is -2.08. The molecule has 0 aliphatic heterocycles. The van der Waals surface area contributed by atoms with Crippen LogP contribution in [0.3, 0.4) is 0 Å². The monoisotopic (exact) mass is 363 g/mol. The molecule has 0 fully saturated rings. The molecule has 0 aliphatic carbocycles. The van der Waals surface area contributed by atoms with E-state index in [0.29, 0.717) is 21.7 Å². The van der Waals surface area contributed by atoms with Crippen LogP contribution in [0.4, 0.5) is 5.69 Å². The fourth-order valence-electron chi connectivity index (χ4n) is 2.56. The predicted octanol–water partition coefficient (Wildman–Crippen LogP) is 4.28. The van der Waals surface area contributed by atoms with Crippen LogP contribution in [-0.2, 0) is 0 Å². The zero-order chi connectivity index (χ0) is 18.7. The van der Waals surface area contributed by atoms with Gasteiger partial charge in [0.2, 0.25) is 0 Å². The molecule has 3 rings (SSSR count). The number of nitrogens with zero attached hydrogens (tertiary/aromatic N) is 2. The van der Waals surface area contributed by atoms with Crippen molar-refractivity contribution in [2.24, 2.45) is 0 Å². The van der Waals surface area contributed by atoms with Crippen molar-refractivity contribution in [2.45, 2.75) is 16.7 Å². The molecule has 0 unspecified atom stereocenters. The molecule has 0 aliphatic rings. The summed E-state index contributed by atoms with van der Waals surface area (Å²) in [5.41, 5.74) is 0.779. The van der Waals surface area contributed by atoms with Crippen LogP contribution in [0, 0.1) is 28.4 Å². The first-order valence-electron chi connectivity index (χ1n) is 7.65. The van der Waals surface area contributed by atoms with Crippen LogP contribution in [0.25, 0.3) is 11.1 Å². The number of nitro benzene ring substituents is 1. The topological polar surface area (TPSA) is 99.8 Å². The number of benzene rings is 2. The summed E-state index contributed by atoms with van der Waals surface area (Å²) in [6, 6.07) is 17.6. The Morgan fingerprint density at radius 3 is 2.54 bits per heavy atom. The molecular weight excluding hydrogens is 350 g/mol. The number of aromatic amines is 1. The Bertz CT molecular complexity index is 1090. The predicted molar refractivity (Wildman–Crippen MR) is 99.2 cm³/mol. The minimum Gasteiger partial charge on any atom is -0.325 e. The summed E-state index contributed by atoms with van der Waals surface area (Å²) in [6.45, 7) is 1.69. The van der Waals surface area contributed by atoms with E-state index >= 15 is 0 Å². The van der Waals surface area contributed by atoms with Gasteiger partial charge in [-0.15, -0.1) is 0 Å². The van der Waals surface area contributed by atoms with Gasteiger partial charge in [0.15, 0.2) is 0 Å². The highest BCUT2D eigenvalue weighted by Gasteiger charge is 2.18. The van der Waals surface area contributed by atoms with Gasteiger partial charge in [0, 0.05) is 22.2 Å². The van der Waals surface area contributed by atoms with Crippen LogP contribution >= 0.6 is 11.8 Å². The minimum atomic E-state index is -0.507. The fourth-order valence-corrected chi connectivity index (χ4v) is 3.48. The summed E-state index contributed by atoms with van der Waals surface area (Å²) in [5.74, 6) is 0. The Kier molecular flexibility index (Phi) is 4.87. The fraction of sp³-hybridized carbons (Fsp3) is 0.0526. The summed E-state index contributed by atoms with van der Waals surface area (Å²) in [5, 5.41) is 20.8. The Hall–Kier alpha value is -3.37. The van der Waals surface area contributed by atoms with Gasteiger partial charge < -0.3 is 4.98 Å². The lowest BCUT2D eigenvalue weighted by Crippen LogP contribution is -2.12. The second-order valence-corrected chi connectivity index (χ2v) is 6.65. The molecule has 0 amide bonds. The first-order chi connectivity index (χ1) is 12.5. The molecule has 128 valence electrons. The van der Waals surface area contributed by atoms with E-state index in [4.69, 9.17) is 0 Å². The molecule has 2 aromatic carbocycles. The molecule has 0 bridgehead atoms. The molecule has 26 heavy (non-hydrogen) atoms. The van der Waals surface area contributed by atoms with Gasteiger partial charge in [-0.25, -0.2) is 0 Å². The molecule has 7 heteroatoms. The lowest BCUT2D eigenvalue weighted by molar-refractivity contribution is -0.387. The second-order valence-electron chi connectivity index (χ2n) is 5.54. The average molecular weight is 363 g/mol. The van der Waals surface area contributed by atoms with E-state index in [1.54, 1.807) is 25.1 Å². The number of rotatable bonds is 4. The number of aromatic nitrogens is 1. The Balaban J connectivity index is 2.12. The highest BCUT2D eigenvalue weighted by atomic mass is 32.2. The standard InChI is InChI=1S/C19H13N3O3S/c1-12-9-15(16(11-20)19(23)21-12)13-7-8-18(17(10-13)22(24)25)26-14-5-3-2-4-6-14/h2-10H,1H3,(H,21,23). The quantitative estimate of drug-likeness (QED) is 0.551. The normalized spacial score (nSPS) is 10.3. The molecule has 0 saturated carbocycles. The smallest absolute Gasteiger partial charge is 0.283 e. The summed E-state index contributed by atoms with van der Waals surface area (Å²) in [4.78, 5) is 27.0. The molecule has 0 saturated heterocycles. The molecule has 1 aromatic heterocycles. The third kappa shape index (κ3) is 3.50. The Morgan fingerprint density at radius 1 is 1.15 bits per heavy atom. The molecule has 0 atom stereocenters. The number of pyridine rings is 1. The van der Waals surface area contributed by atoms with Crippen LogP contribution in [0.5, 0.6) is 0 Å².